The first-order chi connectivity index (χ1) is 12.2. The van der Waals surface area contributed by atoms with Gasteiger partial charge in [-0.3, -0.25) is 0 Å². The van der Waals surface area contributed by atoms with Crippen LogP contribution in [0.1, 0.15) is 27.0 Å². The Morgan fingerprint density at radius 3 is 2.16 bits per heavy atom. The highest BCUT2D eigenvalue weighted by molar-refractivity contribution is 5.87. The SMILES string of the molecule is O=C(O)c1cccc(CCc2ccc(OCc3ccccc3)cc2)c1. The summed E-state index contributed by atoms with van der Waals surface area (Å²) >= 11 is 0. The van der Waals surface area contributed by atoms with E-state index in [-0.39, 0.29) is 0 Å². The normalized spacial score (nSPS) is 10.4. The Bertz CT molecular complexity index is 823. The number of ether oxygens (including phenoxy) is 1. The highest BCUT2D eigenvalue weighted by atomic mass is 16.5. The summed E-state index contributed by atoms with van der Waals surface area (Å²) in [6, 6.07) is 25.3. The molecule has 0 spiro atoms. The fourth-order valence-corrected chi connectivity index (χ4v) is 2.64. The van der Waals surface area contributed by atoms with Gasteiger partial charge in [-0.05, 0) is 53.8 Å². The average Bonchev–Trinajstić information content (AvgIpc) is 2.66. The van der Waals surface area contributed by atoms with E-state index in [9.17, 15) is 4.79 Å². The first kappa shape index (κ1) is 16.8. The molecular weight excluding hydrogens is 312 g/mol. The molecule has 0 saturated carbocycles. The molecular formula is C22H20O3. The van der Waals surface area contributed by atoms with Crippen molar-refractivity contribution >= 4 is 5.97 Å². The van der Waals surface area contributed by atoms with Gasteiger partial charge in [-0.1, -0.05) is 54.6 Å². The van der Waals surface area contributed by atoms with E-state index in [1.165, 1.54) is 5.56 Å². The molecule has 0 aliphatic rings. The molecule has 3 rings (SSSR count). The van der Waals surface area contributed by atoms with Crippen molar-refractivity contribution in [3.63, 3.8) is 0 Å². The van der Waals surface area contributed by atoms with Crippen molar-refractivity contribution in [1.82, 2.24) is 0 Å². The summed E-state index contributed by atoms with van der Waals surface area (Å²) in [4.78, 5) is 11.0. The molecule has 0 aliphatic heterocycles. The van der Waals surface area contributed by atoms with Crippen LogP contribution in [-0.4, -0.2) is 11.1 Å². The molecule has 0 unspecified atom stereocenters. The topological polar surface area (TPSA) is 46.5 Å². The summed E-state index contributed by atoms with van der Waals surface area (Å²) in [6.45, 7) is 0.558. The number of carboxylic acid groups (broad SMARTS) is 1. The van der Waals surface area contributed by atoms with Crippen LogP contribution in [0.5, 0.6) is 5.75 Å². The van der Waals surface area contributed by atoms with Crippen LogP contribution >= 0.6 is 0 Å². The lowest BCUT2D eigenvalue weighted by molar-refractivity contribution is 0.0696. The minimum atomic E-state index is -0.887. The number of aryl methyl sites for hydroxylation is 2. The molecule has 1 N–H and O–H groups in total. The first-order valence-corrected chi connectivity index (χ1v) is 8.28. The second-order valence-electron chi connectivity index (χ2n) is 5.92. The number of rotatable bonds is 7. The van der Waals surface area contributed by atoms with E-state index < -0.39 is 5.97 Å². The van der Waals surface area contributed by atoms with E-state index >= 15 is 0 Å². The minimum absolute atomic E-state index is 0.335. The molecule has 0 fully saturated rings. The van der Waals surface area contributed by atoms with Crippen LogP contribution in [0.4, 0.5) is 0 Å². The zero-order valence-corrected chi connectivity index (χ0v) is 13.9. The highest BCUT2D eigenvalue weighted by Crippen LogP contribution is 2.16. The molecule has 126 valence electrons. The molecule has 3 heteroatoms. The Balaban J connectivity index is 1.54. The second kappa shape index (κ2) is 8.15. The largest absolute Gasteiger partial charge is 0.489 e. The van der Waals surface area contributed by atoms with Crippen LogP contribution in [0.15, 0.2) is 78.9 Å². The molecule has 0 heterocycles. The molecule has 0 radical (unpaired) electrons. The van der Waals surface area contributed by atoms with Crippen molar-refractivity contribution in [2.24, 2.45) is 0 Å². The van der Waals surface area contributed by atoms with Crippen LogP contribution in [0.3, 0.4) is 0 Å². The van der Waals surface area contributed by atoms with Gasteiger partial charge in [-0.25, -0.2) is 4.79 Å². The van der Waals surface area contributed by atoms with Gasteiger partial charge in [0.15, 0.2) is 0 Å². The number of hydrogen-bond donors (Lipinski definition) is 1. The molecule has 3 nitrogen and oxygen atoms in total. The average molecular weight is 332 g/mol. The molecule has 3 aromatic carbocycles. The van der Waals surface area contributed by atoms with Crippen molar-refractivity contribution in [3.8, 4) is 5.75 Å². The van der Waals surface area contributed by atoms with E-state index in [0.717, 1.165) is 29.7 Å². The van der Waals surface area contributed by atoms with Gasteiger partial charge in [-0.15, -0.1) is 0 Å². The predicted octanol–water partition coefficient (Wildman–Crippen LogP) is 4.75. The van der Waals surface area contributed by atoms with Crippen LogP contribution < -0.4 is 4.74 Å². The van der Waals surface area contributed by atoms with Gasteiger partial charge in [0.1, 0.15) is 12.4 Å². The van der Waals surface area contributed by atoms with E-state index in [2.05, 4.69) is 12.1 Å². The maximum absolute atomic E-state index is 11.0. The summed E-state index contributed by atoms with van der Waals surface area (Å²) in [5.41, 5.74) is 3.71. The fourth-order valence-electron chi connectivity index (χ4n) is 2.64. The first-order valence-electron chi connectivity index (χ1n) is 8.28. The molecule has 25 heavy (non-hydrogen) atoms. The van der Waals surface area contributed by atoms with Crippen LogP contribution in [0.2, 0.25) is 0 Å². The quantitative estimate of drug-likeness (QED) is 0.679. The highest BCUT2D eigenvalue weighted by Gasteiger charge is 2.04. The lowest BCUT2D eigenvalue weighted by Gasteiger charge is -2.08. The lowest BCUT2D eigenvalue weighted by atomic mass is 10.0. The van der Waals surface area contributed by atoms with Crippen molar-refractivity contribution in [1.29, 1.82) is 0 Å². The number of benzene rings is 3. The molecule has 0 atom stereocenters. The number of hydrogen-bond acceptors (Lipinski definition) is 2. The molecule has 0 aliphatic carbocycles. The molecule has 0 aromatic heterocycles. The smallest absolute Gasteiger partial charge is 0.335 e. The Morgan fingerprint density at radius 1 is 0.760 bits per heavy atom. The summed E-state index contributed by atoms with van der Waals surface area (Å²) in [7, 11) is 0. The third kappa shape index (κ3) is 4.95. The van der Waals surface area contributed by atoms with Gasteiger partial charge < -0.3 is 9.84 Å². The summed E-state index contributed by atoms with van der Waals surface area (Å²) < 4.78 is 5.79. The van der Waals surface area contributed by atoms with Crippen molar-refractivity contribution in [2.45, 2.75) is 19.4 Å². The fraction of sp³-hybridized carbons (Fsp3) is 0.136. The summed E-state index contributed by atoms with van der Waals surface area (Å²) in [5, 5.41) is 9.04. The monoisotopic (exact) mass is 332 g/mol. The summed E-state index contributed by atoms with van der Waals surface area (Å²) in [6.07, 6.45) is 1.67. The number of carboxylic acids is 1. The van der Waals surface area contributed by atoms with Crippen LogP contribution in [0.25, 0.3) is 0 Å². The second-order valence-corrected chi connectivity index (χ2v) is 5.92. The van der Waals surface area contributed by atoms with E-state index in [0.29, 0.717) is 12.2 Å². The van der Waals surface area contributed by atoms with Crippen molar-refractivity contribution in [2.75, 3.05) is 0 Å². The van der Waals surface area contributed by atoms with Gasteiger partial charge >= 0.3 is 5.97 Å². The van der Waals surface area contributed by atoms with Gasteiger partial charge in [0.25, 0.3) is 0 Å². The van der Waals surface area contributed by atoms with Gasteiger partial charge in [0.05, 0.1) is 5.56 Å². The van der Waals surface area contributed by atoms with Crippen molar-refractivity contribution in [3.05, 3.63) is 101 Å². The van der Waals surface area contributed by atoms with Crippen LogP contribution in [0, 0.1) is 0 Å². The maximum atomic E-state index is 11.0. The molecule has 3 aromatic rings. The standard InChI is InChI=1S/C22H20O3/c23-22(24)20-8-4-7-18(15-20)10-9-17-11-13-21(14-12-17)25-16-19-5-2-1-3-6-19/h1-8,11-15H,9-10,16H2,(H,23,24). The van der Waals surface area contributed by atoms with Crippen LogP contribution in [-0.2, 0) is 19.4 Å². The third-order valence-electron chi connectivity index (χ3n) is 4.05. The summed E-state index contributed by atoms with van der Waals surface area (Å²) in [5.74, 6) is -0.0396. The molecule has 0 bridgehead atoms. The third-order valence-corrected chi connectivity index (χ3v) is 4.05. The Kier molecular flexibility index (Phi) is 5.47. The molecule has 0 saturated heterocycles. The van der Waals surface area contributed by atoms with Gasteiger partial charge in [0, 0.05) is 0 Å². The van der Waals surface area contributed by atoms with E-state index in [4.69, 9.17) is 9.84 Å². The zero-order valence-electron chi connectivity index (χ0n) is 13.9. The lowest BCUT2D eigenvalue weighted by Crippen LogP contribution is -1.98. The Labute approximate surface area is 147 Å². The minimum Gasteiger partial charge on any atom is -0.489 e. The molecule has 0 amide bonds. The van der Waals surface area contributed by atoms with Crippen molar-refractivity contribution < 1.29 is 14.6 Å². The Morgan fingerprint density at radius 2 is 1.44 bits per heavy atom. The van der Waals surface area contributed by atoms with Gasteiger partial charge in [0.2, 0.25) is 0 Å². The zero-order chi connectivity index (χ0) is 17.5. The predicted molar refractivity (Wildman–Crippen MR) is 98.0 cm³/mol. The Hall–Kier alpha value is -3.07. The number of carbonyl (C=O) groups is 1. The van der Waals surface area contributed by atoms with Gasteiger partial charge in [-0.2, -0.15) is 0 Å². The van der Waals surface area contributed by atoms with E-state index in [1.54, 1.807) is 18.2 Å². The number of aromatic carboxylic acids is 1. The maximum Gasteiger partial charge on any atom is 0.335 e. The van der Waals surface area contributed by atoms with E-state index in [1.807, 2.05) is 48.5 Å².